The molecule has 0 aromatic heterocycles. The SMILES string of the molecule is COc1cccc(NC(=O)N2CC(=O)N3[C@@H](CO)[C@H](c4ccc(C#CCC5CCCC5)cc4)[C@@H]3C2)c1. The number of aliphatic hydroxyl groups is 1. The maximum Gasteiger partial charge on any atom is 0.322 e. The maximum atomic E-state index is 13.0. The molecule has 2 aromatic carbocycles. The lowest BCUT2D eigenvalue weighted by Crippen LogP contribution is -2.73. The fourth-order valence-corrected chi connectivity index (χ4v) is 5.86. The predicted octanol–water partition coefficient (Wildman–Crippen LogP) is 3.83. The normalized spacial score (nSPS) is 23.4. The summed E-state index contributed by atoms with van der Waals surface area (Å²) in [7, 11) is 1.57. The summed E-state index contributed by atoms with van der Waals surface area (Å²) in [6, 6.07) is 14.5. The average Bonchev–Trinajstić information content (AvgIpc) is 3.40. The minimum absolute atomic E-state index is 0.00889. The van der Waals surface area contributed by atoms with Crippen LogP contribution < -0.4 is 10.1 Å². The van der Waals surface area contributed by atoms with Crippen molar-refractivity contribution in [1.82, 2.24) is 9.80 Å². The number of rotatable bonds is 5. The minimum Gasteiger partial charge on any atom is -0.497 e. The van der Waals surface area contributed by atoms with E-state index in [1.54, 1.807) is 41.2 Å². The molecule has 0 unspecified atom stereocenters. The Labute approximate surface area is 212 Å². The van der Waals surface area contributed by atoms with Crippen LogP contribution in [0, 0.1) is 17.8 Å². The summed E-state index contributed by atoms with van der Waals surface area (Å²) in [6.07, 6.45) is 6.21. The zero-order valence-electron chi connectivity index (χ0n) is 20.7. The van der Waals surface area contributed by atoms with Gasteiger partial charge in [-0.25, -0.2) is 4.79 Å². The fourth-order valence-electron chi connectivity index (χ4n) is 5.86. The smallest absolute Gasteiger partial charge is 0.322 e. The summed E-state index contributed by atoms with van der Waals surface area (Å²) in [5.41, 5.74) is 2.64. The molecule has 2 aromatic rings. The molecule has 5 rings (SSSR count). The van der Waals surface area contributed by atoms with Gasteiger partial charge in [0, 0.05) is 36.2 Å². The highest BCUT2D eigenvalue weighted by atomic mass is 16.5. The van der Waals surface area contributed by atoms with Crippen molar-refractivity contribution in [3.8, 4) is 17.6 Å². The van der Waals surface area contributed by atoms with Gasteiger partial charge in [-0.3, -0.25) is 4.79 Å². The zero-order chi connectivity index (χ0) is 25.1. The second-order valence-electron chi connectivity index (χ2n) is 9.97. The first-order valence-corrected chi connectivity index (χ1v) is 12.8. The molecule has 0 radical (unpaired) electrons. The molecule has 3 atom stereocenters. The zero-order valence-corrected chi connectivity index (χ0v) is 20.7. The number of nitrogens with one attached hydrogen (secondary N) is 1. The van der Waals surface area contributed by atoms with Gasteiger partial charge < -0.3 is 25.0 Å². The number of anilines is 1. The van der Waals surface area contributed by atoms with Gasteiger partial charge in [-0.1, -0.05) is 42.9 Å². The van der Waals surface area contributed by atoms with Crippen LogP contribution in [-0.2, 0) is 4.79 Å². The number of carbonyl (C=O) groups is 2. The van der Waals surface area contributed by atoms with Crippen molar-refractivity contribution in [3.63, 3.8) is 0 Å². The number of amides is 3. The average molecular weight is 488 g/mol. The largest absolute Gasteiger partial charge is 0.497 e. The van der Waals surface area contributed by atoms with E-state index in [0.717, 1.165) is 23.5 Å². The standard InChI is InChI=1S/C29H33N3O4/c1-36-24-11-5-10-23(16-24)30-29(35)31-17-25-28(26(19-33)32(25)27(34)18-31)22-14-12-21(13-15-22)9-4-8-20-6-2-3-7-20/h5,10-16,20,25-26,28,33H,2-3,6-8,17-19H2,1H3,(H,30,35)/t25-,26-,28+/m0/s1. The maximum absolute atomic E-state index is 13.0. The highest BCUT2D eigenvalue weighted by Gasteiger charge is 2.54. The van der Waals surface area contributed by atoms with E-state index in [2.05, 4.69) is 17.2 Å². The van der Waals surface area contributed by atoms with Crippen molar-refractivity contribution < 1.29 is 19.4 Å². The van der Waals surface area contributed by atoms with Gasteiger partial charge in [0.25, 0.3) is 0 Å². The first kappa shape index (κ1) is 24.2. The minimum atomic E-state index is -0.324. The second-order valence-corrected chi connectivity index (χ2v) is 9.97. The van der Waals surface area contributed by atoms with E-state index in [0.29, 0.717) is 18.0 Å². The third kappa shape index (κ3) is 4.91. The van der Waals surface area contributed by atoms with Crippen LogP contribution in [0.5, 0.6) is 5.75 Å². The van der Waals surface area contributed by atoms with Crippen LogP contribution in [0.3, 0.4) is 0 Å². The van der Waals surface area contributed by atoms with Crippen LogP contribution in [0.4, 0.5) is 10.5 Å². The molecule has 36 heavy (non-hydrogen) atoms. The molecule has 2 N–H and O–H groups in total. The van der Waals surface area contributed by atoms with Crippen LogP contribution in [0.25, 0.3) is 0 Å². The summed E-state index contributed by atoms with van der Waals surface area (Å²) in [5, 5.41) is 12.9. The number of piperazine rings is 1. The molecule has 188 valence electrons. The van der Waals surface area contributed by atoms with Gasteiger partial charge in [-0.2, -0.15) is 0 Å². The molecule has 3 amide bonds. The van der Waals surface area contributed by atoms with Crippen LogP contribution in [0.1, 0.15) is 49.1 Å². The van der Waals surface area contributed by atoms with Crippen molar-refractivity contribution in [3.05, 3.63) is 59.7 Å². The Hall–Kier alpha value is -3.50. The lowest BCUT2D eigenvalue weighted by Gasteiger charge is -2.58. The van der Waals surface area contributed by atoms with E-state index >= 15 is 0 Å². The van der Waals surface area contributed by atoms with Crippen molar-refractivity contribution in [2.75, 3.05) is 32.1 Å². The Morgan fingerprint density at radius 1 is 1.17 bits per heavy atom. The number of hydrogen-bond donors (Lipinski definition) is 2. The van der Waals surface area contributed by atoms with Gasteiger partial charge in [0.2, 0.25) is 5.91 Å². The predicted molar refractivity (Wildman–Crippen MR) is 138 cm³/mol. The summed E-state index contributed by atoms with van der Waals surface area (Å²) in [5.74, 6) is 7.83. The van der Waals surface area contributed by atoms with E-state index in [1.165, 1.54) is 25.7 Å². The van der Waals surface area contributed by atoms with Crippen LogP contribution >= 0.6 is 0 Å². The molecular formula is C29H33N3O4. The highest BCUT2D eigenvalue weighted by Crippen LogP contribution is 2.43. The van der Waals surface area contributed by atoms with Crippen LogP contribution in [0.15, 0.2) is 48.5 Å². The van der Waals surface area contributed by atoms with E-state index < -0.39 is 0 Å². The van der Waals surface area contributed by atoms with Gasteiger partial charge in [0.1, 0.15) is 12.3 Å². The van der Waals surface area contributed by atoms with Crippen LogP contribution in [0.2, 0.25) is 0 Å². The van der Waals surface area contributed by atoms with E-state index in [1.807, 2.05) is 24.3 Å². The molecule has 1 saturated carbocycles. The summed E-state index contributed by atoms with van der Waals surface area (Å²) >= 11 is 0. The van der Waals surface area contributed by atoms with Gasteiger partial charge in [-0.05, 0) is 48.6 Å². The number of ether oxygens (including phenoxy) is 1. The van der Waals surface area contributed by atoms with Gasteiger partial charge in [-0.15, -0.1) is 0 Å². The molecule has 7 heteroatoms. The molecule has 2 heterocycles. The number of fused-ring (bicyclic) bond motifs is 1. The number of nitrogens with zero attached hydrogens (tertiary/aromatic N) is 2. The van der Waals surface area contributed by atoms with Crippen molar-refractivity contribution in [1.29, 1.82) is 0 Å². The Kier molecular flexibility index (Phi) is 7.15. The third-order valence-electron chi connectivity index (χ3n) is 7.75. The molecule has 0 spiro atoms. The molecule has 3 fully saturated rings. The number of carbonyl (C=O) groups excluding carboxylic acids is 2. The summed E-state index contributed by atoms with van der Waals surface area (Å²) in [4.78, 5) is 29.2. The number of aliphatic hydroxyl groups excluding tert-OH is 1. The van der Waals surface area contributed by atoms with E-state index in [-0.39, 0.29) is 43.1 Å². The van der Waals surface area contributed by atoms with Gasteiger partial charge in [0.05, 0.1) is 25.8 Å². The first-order valence-electron chi connectivity index (χ1n) is 12.8. The Balaban J connectivity index is 1.26. The third-order valence-corrected chi connectivity index (χ3v) is 7.75. The number of benzene rings is 2. The van der Waals surface area contributed by atoms with Gasteiger partial charge in [0.15, 0.2) is 0 Å². The topological polar surface area (TPSA) is 82.1 Å². The summed E-state index contributed by atoms with van der Waals surface area (Å²) < 4.78 is 5.22. The summed E-state index contributed by atoms with van der Waals surface area (Å²) in [6.45, 7) is 0.294. The van der Waals surface area contributed by atoms with Crippen LogP contribution in [-0.4, -0.2) is 65.7 Å². The second kappa shape index (κ2) is 10.6. The Morgan fingerprint density at radius 3 is 2.67 bits per heavy atom. The Bertz CT molecular complexity index is 1160. The first-order chi connectivity index (χ1) is 17.6. The molecule has 2 saturated heterocycles. The van der Waals surface area contributed by atoms with E-state index in [4.69, 9.17) is 4.74 Å². The number of urea groups is 1. The molecule has 3 aliphatic rings. The van der Waals surface area contributed by atoms with Gasteiger partial charge >= 0.3 is 6.03 Å². The number of methoxy groups -OCH3 is 1. The van der Waals surface area contributed by atoms with E-state index in [9.17, 15) is 14.7 Å². The molecule has 0 bridgehead atoms. The van der Waals surface area contributed by atoms with Crippen molar-refractivity contribution >= 4 is 17.6 Å². The molecule has 1 aliphatic carbocycles. The molecular weight excluding hydrogens is 454 g/mol. The fraction of sp³-hybridized carbons (Fsp3) is 0.448. The Morgan fingerprint density at radius 2 is 1.94 bits per heavy atom. The molecule has 2 aliphatic heterocycles. The quantitative estimate of drug-likeness (QED) is 0.628. The highest BCUT2D eigenvalue weighted by molar-refractivity contribution is 5.94. The number of hydrogen-bond acceptors (Lipinski definition) is 4. The van der Waals surface area contributed by atoms with Crippen molar-refractivity contribution in [2.45, 2.75) is 50.1 Å². The lowest BCUT2D eigenvalue weighted by molar-refractivity contribution is -0.159. The molecule has 7 nitrogen and oxygen atoms in total. The lowest BCUT2D eigenvalue weighted by atomic mass is 9.73. The van der Waals surface area contributed by atoms with Crippen molar-refractivity contribution in [2.24, 2.45) is 5.92 Å². The monoisotopic (exact) mass is 487 g/mol.